The minimum absolute atomic E-state index is 0.0547. The Kier molecular flexibility index (Phi) is 5.33. The quantitative estimate of drug-likeness (QED) is 0.652. The van der Waals surface area contributed by atoms with E-state index in [2.05, 4.69) is 21.6 Å². The lowest BCUT2D eigenvalue weighted by Gasteiger charge is -2.14. The maximum absolute atomic E-state index is 12.2. The van der Waals surface area contributed by atoms with E-state index in [-0.39, 0.29) is 11.2 Å². The predicted octanol–water partition coefficient (Wildman–Crippen LogP) is 3.22. The number of fused-ring (bicyclic) bond motifs is 1. The topological polar surface area (TPSA) is 59.3 Å². The Bertz CT molecular complexity index is 709. The lowest BCUT2D eigenvalue weighted by Crippen LogP contribution is -2.32. The van der Waals surface area contributed by atoms with Gasteiger partial charge in [0.15, 0.2) is 10.8 Å². The van der Waals surface area contributed by atoms with Gasteiger partial charge in [0, 0.05) is 12.7 Å². The van der Waals surface area contributed by atoms with Gasteiger partial charge in [0.1, 0.15) is 0 Å². The number of aromatic nitrogens is 3. The molecule has 2 aromatic rings. The molecule has 0 saturated heterocycles. The van der Waals surface area contributed by atoms with E-state index < -0.39 is 0 Å². The highest BCUT2D eigenvalue weighted by Gasteiger charge is 2.17. The highest BCUT2D eigenvalue weighted by atomic mass is 32.2. The number of carbonyl (C=O) groups excluding carboxylic acids is 1. The number of pyridine rings is 1. The van der Waals surface area contributed by atoms with Crippen LogP contribution in [0.25, 0.3) is 5.65 Å². The molecule has 0 bridgehead atoms. The molecule has 1 atom stereocenters. The zero-order valence-corrected chi connectivity index (χ0v) is 14.2. The van der Waals surface area contributed by atoms with Crippen molar-refractivity contribution in [2.24, 2.45) is 0 Å². The van der Waals surface area contributed by atoms with Crippen LogP contribution < -0.4 is 5.32 Å². The molecule has 0 spiro atoms. The van der Waals surface area contributed by atoms with Crippen LogP contribution in [0.3, 0.4) is 0 Å². The van der Waals surface area contributed by atoms with E-state index in [4.69, 9.17) is 0 Å². The average molecular weight is 330 g/mol. The first-order chi connectivity index (χ1) is 11.2. The number of carbonyl (C=O) groups is 1. The first-order valence-corrected chi connectivity index (χ1v) is 9.04. The smallest absolute Gasteiger partial charge is 0.233 e. The van der Waals surface area contributed by atoms with Gasteiger partial charge in [0.05, 0.1) is 5.25 Å². The number of thioether (sulfide) groups is 1. The summed E-state index contributed by atoms with van der Waals surface area (Å²) >= 11 is 1.44. The van der Waals surface area contributed by atoms with Crippen molar-refractivity contribution in [1.29, 1.82) is 0 Å². The third-order valence-corrected chi connectivity index (χ3v) is 5.12. The second kappa shape index (κ2) is 7.64. The van der Waals surface area contributed by atoms with Crippen molar-refractivity contribution in [2.45, 2.75) is 49.4 Å². The standard InChI is InChI=1S/C17H22N4OS/c1-13(16(22)18-11-10-14-7-3-2-4-8-14)23-17-20-19-15-9-5-6-12-21(15)17/h5-7,9,12-13H,2-4,8,10-11H2,1H3,(H,18,22)/t13-/m1/s1. The number of nitrogens with zero attached hydrogens (tertiary/aromatic N) is 3. The van der Waals surface area contributed by atoms with E-state index in [9.17, 15) is 4.79 Å². The largest absolute Gasteiger partial charge is 0.355 e. The zero-order valence-electron chi connectivity index (χ0n) is 13.4. The molecule has 0 radical (unpaired) electrons. The summed E-state index contributed by atoms with van der Waals surface area (Å²) < 4.78 is 1.90. The van der Waals surface area contributed by atoms with Crippen molar-refractivity contribution in [3.63, 3.8) is 0 Å². The highest BCUT2D eigenvalue weighted by Crippen LogP contribution is 2.22. The van der Waals surface area contributed by atoms with Gasteiger partial charge >= 0.3 is 0 Å². The Balaban J connectivity index is 1.50. The molecule has 0 aliphatic heterocycles. The monoisotopic (exact) mass is 330 g/mol. The molecular formula is C17H22N4OS. The molecular weight excluding hydrogens is 308 g/mol. The van der Waals surface area contributed by atoms with Gasteiger partial charge in [0.25, 0.3) is 0 Å². The van der Waals surface area contributed by atoms with Gasteiger partial charge in [-0.25, -0.2) is 0 Å². The molecule has 0 aromatic carbocycles. The van der Waals surface area contributed by atoms with E-state index in [1.807, 2.05) is 35.7 Å². The normalized spacial score (nSPS) is 16.1. The van der Waals surface area contributed by atoms with Crippen LogP contribution in [0.15, 0.2) is 41.2 Å². The molecule has 23 heavy (non-hydrogen) atoms. The summed E-state index contributed by atoms with van der Waals surface area (Å²) in [6.07, 6.45) is 10.2. The maximum atomic E-state index is 12.2. The molecule has 122 valence electrons. The summed E-state index contributed by atoms with van der Waals surface area (Å²) in [6.45, 7) is 2.63. The molecule has 6 heteroatoms. The van der Waals surface area contributed by atoms with E-state index in [0.717, 1.165) is 23.8 Å². The number of hydrogen-bond donors (Lipinski definition) is 1. The van der Waals surface area contributed by atoms with Crippen LogP contribution in [0, 0.1) is 0 Å². The molecule has 2 aromatic heterocycles. The van der Waals surface area contributed by atoms with Crippen LogP contribution in [-0.4, -0.2) is 32.3 Å². The minimum atomic E-state index is -0.192. The highest BCUT2D eigenvalue weighted by molar-refractivity contribution is 8.00. The van der Waals surface area contributed by atoms with Gasteiger partial charge < -0.3 is 5.32 Å². The second-order valence-electron chi connectivity index (χ2n) is 5.82. The molecule has 0 fully saturated rings. The van der Waals surface area contributed by atoms with Gasteiger partial charge in [-0.2, -0.15) is 0 Å². The van der Waals surface area contributed by atoms with Gasteiger partial charge in [-0.05, 0) is 51.2 Å². The van der Waals surface area contributed by atoms with Gasteiger partial charge in [-0.15, -0.1) is 10.2 Å². The fourth-order valence-corrected chi connectivity index (χ4v) is 3.60. The van der Waals surface area contributed by atoms with Crippen LogP contribution >= 0.6 is 11.8 Å². The first kappa shape index (κ1) is 16.1. The first-order valence-electron chi connectivity index (χ1n) is 8.16. The van der Waals surface area contributed by atoms with Crippen molar-refractivity contribution in [1.82, 2.24) is 19.9 Å². The van der Waals surface area contributed by atoms with Gasteiger partial charge in [0.2, 0.25) is 5.91 Å². The Morgan fingerprint density at radius 3 is 3.13 bits per heavy atom. The molecule has 1 aliphatic carbocycles. The number of amides is 1. The SMILES string of the molecule is C[C@@H](Sc1nnc2ccccn12)C(=O)NCCC1=CCCCC1. The molecule has 5 nitrogen and oxygen atoms in total. The van der Waals surface area contributed by atoms with Crippen molar-refractivity contribution >= 4 is 23.3 Å². The summed E-state index contributed by atoms with van der Waals surface area (Å²) in [7, 11) is 0. The lowest BCUT2D eigenvalue weighted by atomic mass is 9.97. The predicted molar refractivity (Wildman–Crippen MR) is 92.5 cm³/mol. The van der Waals surface area contributed by atoms with Gasteiger partial charge in [-0.3, -0.25) is 9.20 Å². The number of rotatable bonds is 6. The Hall–Kier alpha value is -1.82. The molecule has 0 saturated carbocycles. The molecule has 0 unspecified atom stereocenters. The summed E-state index contributed by atoms with van der Waals surface area (Å²) in [5.41, 5.74) is 2.28. The third-order valence-electron chi connectivity index (χ3n) is 4.06. The van der Waals surface area contributed by atoms with Crippen LogP contribution in [0.2, 0.25) is 0 Å². The fraction of sp³-hybridized carbons (Fsp3) is 0.471. The summed E-state index contributed by atoms with van der Waals surface area (Å²) in [5.74, 6) is 0.0547. The fourth-order valence-electron chi connectivity index (χ4n) is 2.73. The molecule has 2 heterocycles. The average Bonchev–Trinajstić information content (AvgIpc) is 2.99. The van der Waals surface area contributed by atoms with Crippen molar-refractivity contribution in [3.05, 3.63) is 36.0 Å². The van der Waals surface area contributed by atoms with E-state index in [1.54, 1.807) is 0 Å². The van der Waals surface area contributed by atoms with Crippen LogP contribution in [0.5, 0.6) is 0 Å². The molecule has 1 aliphatic rings. The Morgan fingerprint density at radius 2 is 2.30 bits per heavy atom. The summed E-state index contributed by atoms with van der Waals surface area (Å²) in [6, 6.07) is 5.76. The molecule has 1 amide bonds. The zero-order chi connectivity index (χ0) is 16.1. The van der Waals surface area contributed by atoms with Crippen molar-refractivity contribution in [2.75, 3.05) is 6.54 Å². The Labute approximate surface area is 140 Å². The van der Waals surface area contributed by atoms with Crippen LogP contribution in [0.1, 0.15) is 39.0 Å². The Morgan fingerprint density at radius 1 is 1.39 bits per heavy atom. The van der Waals surface area contributed by atoms with Crippen molar-refractivity contribution < 1.29 is 4.79 Å². The number of hydrogen-bond acceptors (Lipinski definition) is 4. The van der Waals surface area contributed by atoms with E-state index >= 15 is 0 Å². The second-order valence-corrected chi connectivity index (χ2v) is 7.13. The van der Waals surface area contributed by atoms with Gasteiger partial charge in [-0.1, -0.05) is 29.5 Å². The van der Waals surface area contributed by atoms with E-state index in [0.29, 0.717) is 0 Å². The van der Waals surface area contributed by atoms with E-state index in [1.165, 1.54) is 43.0 Å². The number of nitrogens with one attached hydrogen (secondary N) is 1. The summed E-state index contributed by atoms with van der Waals surface area (Å²) in [5, 5.41) is 11.9. The number of allylic oxidation sites excluding steroid dienone is 1. The van der Waals surface area contributed by atoms with Crippen molar-refractivity contribution in [3.8, 4) is 0 Å². The maximum Gasteiger partial charge on any atom is 0.233 e. The minimum Gasteiger partial charge on any atom is -0.355 e. The lowest BCUT2D eigenvalue weighted by molar-refractivity contribution is -0.120. The molecule has 1 N–H and O–H groups in total. The van der Waals surface area contributed by atoms with Crippen LogP contribution in [-0.2, 0) is 4.79 Å². The third kappa shape index (κ3) is 4.13. The summed E-state index contributed by atoms with van der Waals surface area (Å²) in [4.78, 5) is 12.2. The van der Waals surface area contributed by atoms with Crippen LogP contribution in [0.4, 0.5) is 0 Å². The molecule has 3 rings (SSSR count).